The first-order valence-corrected chi connectivity index (χ1v) is 7.94. The molecule has 8 heteroatoms. The van der Waals surface area contributed by atoms with Crippen LogP contribution in [0.2, 0.25) is 0 Å². The number of carbonyl (C=O) groups excluding carboxylic acids is 1. The van der Waals surface area contributed by atoms with Gasteiger partial charge in [0.05, 0.1) is 19.8 Å². The van der Waals surface area contributed by atoms with E-state index in [4.69, 9.17) is 4.74 Å². The number of morpholine rings is 1. The van der Waals surface area contributed by atoms with Crippen LogP contribution >= 0.6 is 11.3 Å². The zero-order valence-electron chi connectivity index (χ0n) is 12.2. The number of halogens is 3. The highest BCUT2D eigenvalue weighted by molar-refractivity contribution is 7.09. The Balaban J connectivity index is 1.90. The van der Waals surface area contributed by atoms with Crippen LogP contribution in [0.15, 0.2) is 17.5 Å². The number of hydrogen-bond donors (Lipinski definition) is 1. The van der Waals surface area contributed by atoms with E-state index in [1.807, 2.05) is 24.4 Å². The molecule has 1 aliphatic rings. The fraction of sp³-hybridized carbons (Fsp3) is 0.643. The smallest absolute Gasteiger partial charge is 0.378 e. The molecule has 0 spiro atoms. The summed E-state index contributed by atoms with van der Waals surface area (Å²) < 4.78 is 42.9. The van der Waals surface area contributed by atoms with Crippen molar-refractivity contribution in [2.75, 3.05) is 26.3 Å². The van der Waals surface area contributed by atoms with E-state index < -0.39 is 24.7 Å². The maximum absolute atomic E-state index is 12.6. The molecule has 2 rings (SSSR count). The first-order chi connectivity index (χ1) is 10.3. The predicted molar refractivity (Wildman–Crippen MR) is 77.9 cm³/mol. The molecule has 1 amide bonds. The molecule has 22 heavy (non-hydrogen) atoms. The molecule has 0 aromatic carbocycles. The molecule has 124 valence electrons. The van der Waals surface area contributed by atoms with Gasteiger partial charge in [0.1, 0.15) is 6.04 Å². The molecule has 0 aliphatic carbocycles. The minimum absolute atomic E-state index is 0.00631. The van der Waals surface area contributed by atoms with Gasteiger partial charge in [-0.2, -0.15) is 13.2 Å². The number of nitrogens with zero attached hydrogens (tertiary/aromatic N) is 1. The van der Waals surface area contributed by atoms with Gasteiger partial charge in [0.25, 0.3) is 0 Å². The van der Waals surface area contributed by atoms with E-state index in [1.165, 1.54) is 0 Å². The quantitative estimate of drug-likeness (QED) is 0.895. The molecular formula is C14H19F3N2O2S. The van der Waals surface area contributed by atoms with E-state index in [0.29, 0.717) is 6.42 Å². The number of thiophene rings is 1. The molecule has 1 aliphatic heterocycles. The Kier molecular flexibility index (Phi) is 5.82. The summed E-state index contributed by atoms with van der Waals surface area (Å²) in [6, 6.07) is 2.86. The second kappa shape index (κ2) is 7.43. The lowest BCUT2D eigenvalue weighted by molar-refractivity contribution is -0.167. The lowest BCUT2D eigenvalue weighted by Crippen LogP contribution is -2.57. The Morgan fingerprint density at radius 1 is 1.59 bits per heavy atom. The maximum atomic E-state index is 12.6. The standard InChI is InChI=1S/C14H19F3N2O2S/c1-10(7-11-3-2-6-22-11)18-13(20)12-8-21-5-4-19(12)9-14(15,16)17/h2-3,6,10,12H,4-5,7-9H2,1H3,(H,18,20)/t10-,12-/m0/s1. The predicted octanol–water partition coefficient (Wildman–Crippen LogP) is 2.06. The summed E-state index contributed by atoms with van der Waals surface area (Å²) in [5.74, 6) is -0.409. The van der Waals surface area contributed by atoms with E-state index in [1.54, 1.807) is 11.3 Å². The zero-order valence-corrected chi connectivity index (χ0v) is 13.0. The highest BCUT2D eigenvalue weighted by Gasteiger charge is 2.38. The molecule has 0 bridgehead atoms. The molecule has 1 N–H and O–H groups in total. The number of alkyl halides is 3. The maximum Gasteiger partial charge on any atom is 0.401 e. The largest absolute Gasteiger partial charge is 0.401 e. The fourth-order valence-electron chi connectivity index (χ4n) is 2.42. The number of nitrogens with one attached hydrogen (secondary N) is 1. The molecule has 0 radical (unpaired) electrons. The van der Waals surface area contributed by atoms with Gasteiger partial charge in [0.2, 0.25) is 5.91 Å². The van der Waals surface area contributed by atoms with Crippen molar-refractivity contribution in [3.63, 3.8) is 0 Å². The molecule has 1 aromatic rings. The summed E-state index contributed by atoms with van der Waals surface area (Å²) >= 11 is 1.59. The van der Waals surface area contributed by atoms with Gasteiger partial charge in [-0.25, -0.2) is 0 Å². The van der Waals surface area contributed by atoms with Crippen molar-refractivity contribution in [2.45, 2.75) is 31.6 Å². The fourth-order valence-corrected chi connectivity index (χ4v) is 3.25. The second-order valence-electron chi connectivity index (χ2n) is 5.37. The summed E-state index contributed by atoms with van der Waals surface area (Å²) in [6.45, 7) is 1.07. The Labute approximate surface area is 131 Å². The average Bonchev–Trinajstić information content (AvgIpc) is 2.90. The third-order valence-electron chi connectivity index (χ3n) is 3.40. The van der Waals surface area contributed by atoms with Gasteiger partial charge in [-0.1, -0.05) is 6.07 Å². The van der Waals surface area contributed by atoms with E-state index >= 15 is 0 Å². The van der Waals surface area contributed by atoms with Crippen molar-refractivity contribution in [3.8, 4) is 0 Å². The topological polar surface area (TPSA) is 41.6 Å². The Bertz CT molecular complexity index is 479. The first kappa shape index (κ1) is 17.2. The molecule has 1 saturated heterocycles. The molecule has 0 saturated carbocycles. The molecule has 0 unspecified atom stereocenters. The van der Waals surface area contributed by atoms with Crippen LogP contribution in [-0.2, 0) is 16.0 Å². The normalized spacial score (nSPS) is 21.5. The Morgan fingerprint density at radius 3 is 3.00 bits per heavy atom. The lowest BCUT2D eigenvalue weighted by Gasteiger charge is -2.35. The number of ether oxygens (including phenoxy) is 1. The van der Waals surface area contributed by atoms with Gasteiger partial charge in [0.15, 0.2) is 0 Å². The van der Waals surface area contributed by atoms with Gasteiger partial charge < -0.3 is 10.1 Å². The number of carbonyl (C=O) groups is 1. The molecule has 1 aromatic heterocycles. The van der Waals surface area contributed by atoms with Gasteiger partial charge >= 0.3 is 6.18 Å². The number of hydrogen-bond acceptors (Lipinski definition) is 4. The van der Waals surface area contributed by atoms with Crippen LogP contribution < -0.4 is 5.32 Å². The van der Waals surface area contributed by atoms with Crippen molar-refractivity contribution < 1.29 is 22.7 Å². The van der Waals surface area contributed by atoms with E-state index in [2.05, 4.69) is 5.32 Å². The summed E-state index contributed by atoms with van der Waals surface area (Å²) in [7, 11) is 0. The van der Waals surface area contributed by atoms with Gasteiger partial charge in [0, 0.05) is 23.9 Å². The number of rotatable bonds is 5. The summed E-state index contributed by atoms with van der Waals surface area (Å²) in [5, 5.41) is 4.73. The zero-order chi connectivity index (χ0) is 16.2. The first-order valence-electron chi connectivity index (χ1n) is 7.06. The highest BCUT2D eigenvalue weighted by Crippen LogP contribution is 2.20. The molecule has 2 heterocycles. The van der Waals surface area contributed by atoms with Crippen LogP contribution in [-0.4, -0.2) is 55.4 Å². The van der Waals surface area contributed by atoms with Gasteiger partial charge in [-0.05, 0) is 18.4 Å². The summed E-state index contributed by atoms with van der Waals surface area (Å²) in [6.07, 6.45) is -3.66. The minimum Gasteiger partial charge on any atom is -0.378 e. The minimum atomic E-state index is -4.32. The van der Waals surface area contributed by atoms with Gasteiger partial charge in [-0.3, -0.25) is 9.69 Å². The van der Waals surface area contributed by atoms with E-state index in [9.17, 15) is 18.0 Å². The molecule has 2 atom stereocenters. The van der Waals surface area contributed by atoms with E-state index in [0.717, 1.165) is 9.78 Å². The van der Waals surface area contributed by atoms with Crippen LogP contribution in [0.25, 0.3) is 0 Å². The molecule has 4 nitrogen and oxygen atoms in total. The van der Waals surface area contributed by atoms with Crippen molar-refractivity contribution in [1.29, 1.82) is 0 Å². The Morgan fingerprint density at radius 2 is 2.36 bits per heavy atom. The van der Waals surface area contributed by atoms with Crippen molar-refractivity contribution in [3.05, 3.63) is 22.4 Å². The SMILES string of the molecule is C[C@@H](Cc1cccs1)NC(=O)[C@@H]1COCCN1CC(F)(F)F. The molecular weight excluding hydrogens is 317 g/mol. The van der Waals surface area contributed by atoms with Gasteiger partial charge in [-0.15, -0.1) is 11.3 Å². The lowest BCUT2D eigenvalue weighted by atomic mass is 10.1. The van der Waals surface area contributed by atoms with Crippen LogP contribution in [0.5, 0.6) is 0 Å². The highest BCUT2D eigenvalue weighted by atomic mass is 32.1. The van der Waals surface area contributed by atoms with Crippen LogP contribution in [0.4, 0.5) is 13.2 Å². The Hall–Kier alpha value is -1.12. The van der Waals surface area contributed by atoms with Crippen LogP contribution in [0.1, 0.15) is 11.8 Å². The summed E-state index contributed by atoms with van der Waals surface area (Å²) in [5.41, 5.74) is 0. The monoisotopic (exact) mass is 336 g/mol. The number of amides is 1. The van der Waals surface area contributed by atoms with Crippen LogP contribution in [0, 0.1) is 0 Å². The summed E-state index contributed by atoms with van der Waals surface area (Å²) in [4.78, 5) is 14.5. The third-order valence-corrected chi connectivity index (χ3v) is 4.30. The second-order valence-corrected chi connectivity index (χ2v) is 6.40. The third kappa shape index (κ3) is 5.26. The average molecular weight is 336 g/mol. The van der Waals surface area contributed by atoms with Crippen LogP contribution in [0.3, 0.4) is 0 Å². The molecule has 1 fully saturated rings. The van der Waals surface area contributed by atoms with E-state index in [-0.39, 0.29) is 25.8 Å². The van der Waals surface area contributed by atoms with Crippen molar-refractivity contribution in [1.82, 2.24) is 10.2 Å². The van der Waals surface area contributed by atoms with Crippen molar-refractivity contribution >= 4 is 17.2 Å². The van der Waals surface area contributed by atoms with Crippen molar-refractivity contribution in [2.24, 2.45) is 0 Å².